The third-order valence-electron chi connectivity index (χ3n) is 4.57. The number of ether oxygens (including phenoxy) is 1. The maximum absolute atomic E-state index is 10.2. The molecular formula is C22H29N5O3. The van der Waals surface area contributed by atoms with Gasteiger partial charge in [0, 0.05) is 24.2 Å². The summed E-state index contributed by atoms with van der Waals surface area (Å²) in [4.78, 5) is 28.3. The molecule has 8 heteroatoms. The third-order valence-corrected chi connectivity index (χ3v) is 4.57. The Morgan fingerprint density at radius 2 is 2.03 bits per heavy atom. The lowest BCUT2D eigenvalue weighted by Crippen LogP contribution is -2.27. The van der Waals surface area contributed by atoms with Gasteiger partial charge in [-0.25, -0.2) is 19.7 Å². The van der Waals surface area contributed by atoms with Crippen molar-refractivity contribution in [2.45, 2.75) is 39.7 Å². The smallest absolute Gasteiger partial charge is 0.328 e. The highest BCUT2D eigenvalue weighted by Crippen LogP contribution is 2.27. The fourth-order valence-electron chi connectivity index (χ4n) is 3.18. The molecule has 8 nitrogen and oxygen atoms in total. The average molecular weight is 412 g/mol. The van der Waals surface area contributed by atoms with Crippen molar-refractivity contribution in [3.63, 3.8) is 0 Å². The van der Waals surface area contributed by atoms with Crippen LogP contribution < -0.4 is 9.64 Å². The molecule has 1 aromatic carbocycles. The average Bonchev–Trinajstić information content (AvgIpc) is 3.43. The molecule has 3 heterocycles. The Morgan fingerprint density at radius 1 is 1.27 bits per heavy atom. The van der Waals surface area contributed by atoms with Crippen LogP contribution in [0.15, 0.2) is 43.0 Å². The van der Waals surface area contributed by atoms with Gasteiger partial charge in [-0.3, -0.25) is 0 Å². The van der Waals surface area contributed by atoms with E-state index in [1.807, 2.05) is 26.0 Å². The molecule has 1 atom stereocenters. The lowest BCUT2D eigenvalue weighted by atomic mass is 10.2. The quantitative estimate of drug-likeness (QED) is 0.621. The number of carboxylic acid groups (broad SMARTS) is 1. The lowest BCUT2D eigenvalue weighted by molar-refractivity contribution is -0.131. The number of aliphatic carboxylic acids is 1. The first kappa shape index (κ1) is 22.9. The van der Waals surface area contributed by atoms with Crippen molar-refractivity contribution in [2.75, 3.05) is 18.6 Å². The number of nitrogens with one attached hydrogen (secondary N) is 1. The molecular weight excluding hydrogens is 382 g/mol. The van der Waals surface area contributed by atoms with Crippen molar-refractivity contribution in [3.05, 3.63) is 48.6 Å². The van der Waals surface area contributed by atoms with Crippen LogP contribution in [0, 0.1) is 0 Å². The van der Waals surface area contributed by atoms with Crippen LogP contribution in [0.5, 0.6) is 5.75 Å². The molecule has 1 aliphatic rings. The Hall–Kier alpha value is -3.42. The first-order valence-corrected chi connectivity index (χ1v) is 10.0. The van der Waals surface area contributed by atoms with Gasteiger partial charge in [-0.1, -0.05) is 32.0 Å². The zero-order chi connectivity index (χ0) is 21.9. The minimum absolute atomic E-state index is 0.561. The van der Waals surface area contributed by atoms with Crippen LogP contribution >= 0.6 is 0 Å². The first-order chi connectivity index (χ1) is 14.6. The van der Waals surface area contributed by atoms with Gasteiger partial charge in [-0.05, 0) is 31.9 Å². The van der Waals surface area contributed by atoms with Crippen molar-refractivity contribution in [3.8, 4) is 5.75 Å². The Bertz CT molecular complexity index is 970. The summed E-state index contributed by atoms with van der Waals surface area (Å²) in [6, 6.07) is 7.78. The van der Waals surface area contributed by atoms with Gasteiger partial charge in [-0.2, -0.15) is 0 Å². The largest absolute Gasteiger partial charge is 0.496 e. The highest BCUT2D eigenvalue weighted by molar-refractivity contribution is 5.86. The molecule has 0 bridgehead atoms. The highest BCUT2D eigenvalue weighted by atomic mass is 16.5. The Morgan fingerprint density at radius 3 is 2.70 bits per heavy atom. The zero-order valence-corrected chi connectivity index (χ0v) is 17.9. The molecule has 1 unspecified atom stereocenters. The second kappa shape index (κ2) is 11.5. The first-order valence-electron chi connectivity index (χ1n) is 10.0. The van der Waals surface area contributed by atoms with Crippen LogP contribution in [0.2, 0.25) is 0 Å². The van der Waals surface area contributed by atoms with E-state index in [4.69, 9.17) is 9.84 Å². The van der Waals surface area contributed by atoms with Crippen molar-refractivity contribution in [1.82, 2.24) is 19.9 Å². The van der Waals surface area contributed by atoms with Crippen LogP contribution in [-0.2, 0) is 4.79 Å². The fourth-order valence-corrected chi connectivity index (χ4v) is 3.18. The number of fused-ring (bicyclic) bond motifs is 1. The van der Waals surface area contributed by atoms with Gasteiger partial charge < -0.3 is 19.7 Å². The number of carboxylic acids is 1. The van der Waals surface area contributed by atoms with E-state index in [1.165, 1.54) is 18.9 Å². The Balaban J connectivity index is 0.000000200. The number of nitrogens with zero attached hydrogens (tertiary/aromatic N) is 4. The van der Waals surface area contributed by atoms with Crippen LogP contribution in [-0.4, -0.2) is 50.7 Å². The van der Waals surface area contributed by atoms with E-state index in [1.54, 1.807) is 31.9 Å². The highest BCUT2D eigenvalue weighted by Gasteiger charge is 2.23. The second-order valence-corrected chi connectivity index (χ2v) is 6.40. The number of hydrogen-bond acceptors (Lipinski definition) is 6. The molecule has 2 aromatic heterocycles. The van der Waals surface area contributed by atoms with Crippen molar-refractivity contribution < 1.29 is 14.6 Å². The summed E-state index contributed by atoms with van der Waals surface area (Å²) in [5.74, 6) is 0.688. The zero-order valence-electron chi connectivity index (χ0n) is 17.9. The van der Waals surface area contributed by atoms with E-state index in [0.29, 0.717) is 11.8 Å². The molecule has 1 fully saturated rings. The maximum Gasteiger partial charge on any atom is 0.328 e. The van der Waals surface area contributed by atoms with Gasteiger partial charge >= 0.3 is 5.97 Å². The van der Waals surface area contributed by atoms with E-state index < -0.39 is 5.97 Å². The monoisotopic (exact) mass is 411 g/mol. The number of benzene rings is 1. The van der Waals surface area contributed by atoms with Crippen LogP contribution in [0.3, 0.4) is 0 Å². The molecule has 0 radical (unpaired) electrons. The predicted octanol–water partition coefficient (Wildman–Crippen LogP) is 4.16. The summed E-state index contributed by atoms with van der Waals surface area (Å²) in [7, 11) is 1.55. The van der Waals surface area contributed by atoms with E-state index in [-0.39, 0.29) is 0 Å². The van der Waals surface area contributed by atoms with Crippen molar-refractivity contribution in [2.24, 2.45) is 0 Å². The van der Waals surface area contributed by atoms with Crippen LogP contribution in [0.25, 0.3) is 17.2 Å². The van der Waals surface area contributed by atoms with E-state index >= 15 is 0 Å². The standard InChI is InChI=1S/C10H13N5.C10H10O3.C2H6/c1-7-3-2-4-15(7)10-8-9(12-5-11-8)13-6-14-10;1-13-9-5-3-2-4-8(9)6-7-10(11)12;1-2/h5-7H,2-4H2,1H3,(H,11,12,13,14);2-7H,1H3,(H,11,12);1-2H3/b;7-6+;. The number of methoxy groups -OCH3 is 1. The molecule has 1 aliphatic heterocycles. The second-order valence-electron chi connectivity index (χ2n) is 6.40. The molecule has 0 aliphatic carbocycles. The molecule has 30 heavy (non-hydrogen) atoms. The number of H-pyrrole nitrogens is 1. The van der Waals surface area contributed by atoms with Gasteiger partial charge in [0.1, 0.15) is 17.6 Å². The maximum atomic E-state index is 10.2. The molecule has 0 saturated carbocycles. The van der Waals surface area contributed by atoms with Crippen molar-refractivity contribution in [1.29, 1.82) is 0 Å². The van der Waals surface area contributed by atoms with Gasteiger partial charge in [0.25, 0.3) is 0 Å². The topological polar surface area (TPSA) is 104 Å². The minimum atomic E-state index is -0.967. The number of aromatic nitrogens is 4. The molecule has 2 N–H and O–H groups in total. The van der Waals surface area contributed by atoms with E-state index in [0.717, 1.165) is 35.2 Å². The molecule has 3 aromatic rings. The number of rotatable bonds is 4. The Kier molecular flexibility index (Phi) is 8.80. The summed E-state index contributed by atoms with van der Waals surface area (Å²) in [5.41, 5.74) is 2.46. The summed E-state index contributed by atoms with van der Waals surface area (Å²) >= 11 is 0. The third kappa shape index (κ3) is 5.79. The Labute approximate surface area is 176 Å². The normalized spacial score (nSPS) is 15.3. The van der Waals surface area contributed by atoms with Gasteiger partial charge in [0.05, 0.1) is 13.4 Å². The van der Waals surface area contributed by atoms with E-state index in [9.17, 15) is 4.79 Å². The molecule has 4 rings (SSSR count). The summed E-state index contributed by atoms with van der Waals surface area (Å²) in [6.45, 7) is 7.31. The SMILES string of the molecule is CC.CC1CCCN1c1ncnc2nc[nH]c12.COc1ccccc1/C=C/C(=O)O. The van der Waals surface area contributed by atoms with Gasteiger partial charge in [0.2, 0.25) is 0 Å². The predicted molar refractivity (Wildman–Crippen MR) is 119 cm³/mol. The van der Waals surface area contributed by atoms with Crippen molar-refractivity contribution >= 4 is 29.0 Å². The summed E-state index contributed by atoms with van der Waals surface area (Å²) in [6.07, 6.45) is 8.31. The molecule has 1 saturated heterocycles. The molecule has 160 valence electrons. The summed E-state index contributed by atoms with van der Waals surface area (Å²) < 4.78 is 5.03. The van der Waals surface area contributed by atoms with Gasteiger partial charge in [-0.15, -0.1) is 0 Å². The fraction of sp³-hybridized carbons (Fsp3) is 0.364. The molecule has 0 spiro atoms. The lowest BCUT2D eigenvalue weighted by Gasteiger charge is -2.22. The number of anilines is 1. The number of para-hydroxylation sites is 1. The number of imidazole rings is 1. The van der Waals surface area contributed by atoms with Gasteiger partial charge in [0.15, 0.2) is 11.5 Å². The van der Waals surface area contributed by atoms with E-state index in [2.05, 4.69) is 31.8 Å². The molecule has 0 amide bonds. The number of hydrogen-bond donors (Lipinski definition) is 2. The minimum Gasteiger partial charge on any atom is -0.496 e. The number of aromatic amines is 1. The summed E-state index contributed by atoms with van der Waals surface area (Å²) in [5, 5.41) is 8.41. The number of carbonyl (C=O) groups is 1. The van der Waals surface area contributed by atoms with Crippen LogP contribution in [0.4, 0.5) is 5.82 Å². The van der Waals surface area contributed by atoms with Crippen LogP contribution in [0.1, 0.15) is 39.2 Å².